The lowest BCUT2D eigenvalue weighted by Gasteiger charge is -2.08. The molecule has 128 valence electrons. The standard InChI is InChI=1S/C18H19N5O2/c1-11-17(23-12(2)25-11)16(24)9-13-5-7-20-14(8-13)10-22-15-4-3-6-21-18(15)19/h3-8,22H,9-10H2,1-2H3,(H2,19,21). The number of carbonyl (C=O) groups excluding carboxylic acids is 1. The number of pyridine rings is 2. The van der Waals surface area contributed by atoms with Crippen LogP contribution in [0.1, 0.15) is 33.4 Å². The fourth-order valence-electron chi connectivity index (χ4n) is 2.54. The Morgan fingerprint density at radius 1 is 1.24 bits per heavy atom. The van der Waals surface area contributed by atoms with Gasteiger partial charge in [0.25, 0.3) is 0 Å². The van der Waals surface area contributed by atoms with Crippen LogP contribution in [0.25, 0.3) is 0 Å². The molecule has 0 spiro atoms. The number of nitrogens with one attached hydrogen (secondary N) is 1. The van der Waals surface area contributed by atoms with Crippen molar-refractivity contribution in [3.63, 3.8) is 0 Å². The lowest BCUT2D eigenvalue weighted by Crippen LogP contribution is -2.08. The Morgan fingerprint density at radius 3 is 2.80 bits per heavy atom. The van der Waals surface area contributed by atoms with Crippen molar-refractivity contribution in [3.05, 3.63) is 65.3 Å². The Kier molecular flexibility index (Phi) is 4.74. The summed E-state index contributed by atoms with van der Waals surface area (Å²) in [5.74, 6) is 1.40. The third-order valence-corrected chi connectivity index (χ3v) is 3.71. The molecule has 25 heavy (non-hydrogen) atoms. The van der Waals surface area contributed by atoms with E-state index in [9.17, 15) is 4.79 Å². The maximum Gasteiger partial charge on any atom is 0.191 e. The highest BCUT2D eigenvalue weighted by molar-refractivity contribution is 5.96. The van der Waals surface area contributed by atoms with Crippen molar-refractivity contribution < 1.29 is 9.21 Å². The topological polar surface area (TPSA) is 107 Å². The molecular formula is C18H19N5O2. The molecule has 0 saturated carbocycles. The molecule has 0 aliphatic heterocycles. The minimum atomic E-state index is -0.0732. The van der Waals surface area contributed by atoms with Crippen molar-refractivity contribution in [2.45, 2.75) is 26.8 Å². The van der Waals surface area contributed by atoms with Crippen LogP contribution in [0.15, 0.2) is 41.1 Å². The molecule has 0 aliphatic rings. The van der Waals surface area contributed by atoms with E-state index < -0.39 is 0 Å². The second-order valence-corrected chi connectivity index (χ2v) is 5.68. The molecule has 3 N–H and O–H groups in total. The maximum atomic E-state index is 12.4. The van der Waals surface area contributed by atoms with Crippen molar-refractivity contribution in [1.29, 1.82) is 0 Å². The first-order valence-corrected chi connectivity index (χ1v) is 7.88. The molecule has 0 fully saturated rings. The van der Waals surface area contributed by atoms with Gasteiger partial charge in [-0.15, -0.1) is 0 Å². The lowest BCUT2D eigenvalue weighted by molar-refractivity contribution is 0.0987. The number of aryl methyl sites for hydroxylation is 2. The summed E-state index contributed by atoms with van der Waals surface area (Å²) in [7, 11) is 0. The Balaban J connectivity index is 1.68. The van der Waals surface area contributed by atoms with Crippen LogP contribution >= 0.6 is 0 Å². The van der Waals surface area contributed by atoms with Crippen LogP contribution in [0.2, 0.25) is 0 Å². The number of nitrogen functional groups attached to an aromatic ring is 1. The number of nitrogens with zero attached hydrogens (tertiary/aromatic N) is 3. The van der Waals surface area contributed by atoms with Gasteiger partial charge < -0.3 is 15.5 Å². The Morgan fingerprint density at radius 2 is 2.08 bits per heavy atom. The highest BCUT2D eigenvalue weighted by atomic mass is 16.4. The van der Waals surface area contributed by atoms with E-state index in [0.29, 0.717) is 29.7 Å². The molecule has 0 atom stereocenters. The molecular weight excluding hydrogens is 318 g/mol. The fourth-order valence-corrected chi connectivity index (χ4v) is 2.54. The number of nitrogens with two attached hydrogens (primary N) is 1. The summed E-state index contributed by atoms with van der Waals surface area (Å²) in [5, 5.41) is 3.19. The summed E-state index contributed by atoms with van der Waals surface area (Å²) in [6.07, 6.45) is 3.57. The molecule has 0 saturated heterocycles. The Labute approximate surface area is 145 Å². The predicted molar refractivity (Wildman–Crippen MR) is 94.2 cm³/mol. The first-order chi connectivity index (χ1) is 12.0. The summed E-state index contributed by atoms with van der Waals surface area (Å²) >= 11 is 0. The van der Waals surface area contributed by atoms with Crippen molar-refractivity contribution in [2.75, 3.05) is 11.1 Å². The van der Waals surface area contributed by atoms with Gasteiger partial charge in [0.1, 0.15) is 17.3 Å². The number of oxazole rings is 1. The smallest absolute Gasteiger partial charge is 0.191 e. The summed E-state index contributed by atoms with van der Waals surface area (Å²) in [6, 6.07) is 7.37. The summed E-state index contributed by atoms with van der Waals surface area (Å²) in [6.45, 7) is 3.96. The lowest BCUT2D eigenvalue weighted by atomic mass is 10.1. The third kappa shape index (κ3) is 4.00. The fraction of sp³-hybridized carbons (Fsp3) is 0.222. The molecule has 0 radical (unpaired) electrons. The van der Waals surface area contributed by atoms with Gasteiger partial charge in [-0.25, -0.2) is 9.97 Å². The van der Waals surface area contributed by atoms with Gasteiger partial charge in [0.15, 0.2) is 11.7 Å². The molecule has 3 heterocycles. The van der Waals surface area contributed by atoms with Crippen molar-refractivity contribution >= 4 is 17.3 Å². The minimum absolute atomic E-state index is 0.0732. The zero-order valence-corrected chi connectivity index (χ0v) is 14.1. The van der Waals surface area contributed by atoms with Crippen molar-refractivity contribution in [2.24, 2.45) is 0 Å². The molecule has 0 bridgehead atoms. The maximum absolute atomic E-state index is 12.4. The molecule has 7 heteroatoms. The number of rotatable bonds is 6. The molecule has 3 aromatic rings. The largest absolute Gasteiger partial charge is 0.446 e. The normalized spacial score (nSPS) is 10.6. The van der Waals surface area contributed by atoms with Gasteiger partial charge in [0.2, 0.25) is 0 Å². The molecule has 3 aromatic heterocycles. The number of ketones is 1. The summed E-state index contributed by atoms with van der Waals surface area (Å²) in [4.78, 5) is 24.9. The van der Waals surface area contributed by atoms with Gasteiger partial charge in [-0.05, 0) is 36.8 Å². The molecule has 3 rings (SSSR count). The van der Waals surface area contributed by atoms with Crippen LogP contribution in [-0.4, -0.2) is 20.7 Å². The van der Waals surface area contributed by atoms with Gasteiger partial charge in [-0.2, -0.15) is 0 Å². The van der Waals surface area contributed by atoms with Gasteiger partial charge in [0, 0.05) is 25.7 Å². The van der Waals surface area contributed by atoms with Crippen LogP contribution in [0.3, 0.4) is 0 Å². The van der Waals surface area contributed by atoms with Crippen LogP contribution in [0.4, 0.5) is 11.5 Å². The number of carbonyl (C=O) groups is 1. The van der Waals surface area contributed by atoms with Crippen LogP contribution in [0, 0.1) is 13.8 Å². The highest BCUT2D eigenvalue weighted by Gasteiger charge is 2.16. The SMILES string of the molecule is Cc1nc(C(=O)Cc2ccnc(CNc3cccnc3N)c2)c(C)o1. The van der Waals surface area contributed by atoms with Gasteiger partial charge in [-0.1, -0.05) is 0 Å². The zero-order chi connectivity index (χ0) is 17.8. The number of Topliss-reactive ketones (excluding diaryl/α,β-unsaturated/α-hetero) is 1. The van der Waals surface area contributed by atoms with Gasteiger partial charge in [0.05, 0.1) is 17.9 Å². The summed E-state index contributed by atoms with van der Waals surface area (Å²) < 4.78 is 5.32. The third-order valence-electron chi connectivity index (χ3n) is 3.71. The first-order valence-electron chi connectivity index (χ1n) is 7.88. The van der Waals surface area contributed by atoms with Crippen molar-refractivity contribution in [1.82, 2.24) is 15.0 Å². The van der Waals surface area contributed by atoms with Gasteiger partial charge in [-0.3, -0.25) is 9.78 Å². The second-order valence-electron chi connectivity index (χ2n) is 5.68. The van der Waals surface area contributed by atoms with E-state index in [1.54, 1.807) is 26.2 Å². The number of hydrogen-bond acceptors (Lipinski definition) is 7. The number of hydrogen-bond donors (Lipinski definition) is 2. The highest BCUT2D eigenvalue weighted by Crippen LogP contribution is 2.16. The quantitative estimate of drug-likeness (QED) is 0.666. The monoisotopic (exact) mass is 337 g/mol. The Bertz CT molecular complexity index is 904. The molecule has 0 amide bonds. The number of anilines is 2. The second kappa shape index (κ2) is 7.12. The van der Waals surface area contributed by atoms with E-state index >= 15 is 0 Å². The summed E-state index contributed by atoms with van der Waals surface area (Å²) in [5.41, 5.74) is 8.62. The zero-order valence-electron chi connectivity index (χ0n) is 14.1. The molecule has 7 nitrogen and oxygen atoms in total. The average molecular weight is 337 g/mol. The first kappa shape index (κ1) is 16.6. The van der Waals surface area contributed by atoms with Crippen LogP contribution in [-0.2, 0) is 13.0 Å². The number of aromatic nitrogens is 3. The van der Waals surface area contributed by atoms with Crippen LogP contribution in [0.5, 0.6) is 0 Å². The van der Waals surface area contributed by atoms with Crippen LogP contribution < -0.4 is 11.1 Å². The van der Waals surface area contributed by atoms with Crippen molar-refractivity contribution in [3.8, 4) is 0 Å². The molecule has 0 aliphatic carbocycles. The Hall–Kier alpha value is -3.22. The average Bonchev–Trinajstić information content (AvgIpc) is 2.93. The van der Waals surface area contributed by atoms with E-state index in [2.05, 4.69) is 20.3 Å². The molecule has 0 aromatic carbocycles. The van der Waals surface area contributed by atoms with E-state index in [1.807, 2.05) is 24.3 Å². The molecule has 0 unspecified atom stereocenters. The predicted octanol–water partition coefficient (Wildman–Crippen LogP) is 2.70. The van der Waals surface area contributed by atoms with Gasteiger partial charge >= 0.3 is 0 Å². The minimum Gasteiger partial charge on any atom is -0.446 e. The van der Waals surface area contributed by atoms with E-state index in [4.69, 9.17) is 10.2 Å². The van der Waals surface area contributed by atoms with E-state index in [1.165, 1.54) is 0 Å². The van der Waals surface area contributed by atoms with E-state index in [-0.39, 0.29) is 12.2 Å². The van der Waals surface area contributed by atoms with E-state index in [0.717, 1.165) is 16.9 Å².